The largest absolute Gasteiger partial charge is 0.394 e. The number of nitrogens with zero attached hydrogens (tertiary/aromatic N) is 1. The van der Waals surface area contributed by atoms with Gasteiger partial charge in [0.2, 0.25) is 0 Å². The number of ketones is 1. The van der Waals surface area contributed by atoms with Gasteiger partial charge < -0.3 is 10.0 Å². The second kappa shape index (κ2) is 4.88. The number of rotatable bonds is 3. The van der Waals surface area contributed by atoms with Crippen molar-refractivity contribution in [2.45, 2.75) is 32.7 Å². The van der Waals surface area contributed by atoms with Crippen molar-refractivity contribution < 1.29 is 9.90 Å². The minimum absolute atomic E-state index is 0.0286. The Morgan fingerprint density at radius 3 is 2.94 bits per heavy atom. The number of carbonyl (C=O) groups excluding carboxylic acids is 1. The molecular formula is C14H19NO2. The van der Waals surface area contributed by atoms with Crippen LogP contribution in [-0.2, 0) is 11.2 Å². The summed E-state index contributed by atoms with van der Waals surface area (Å²) in [6, 6.07) is 5.91. The molecule has 1 aliphatic rings. The Morgan fingerprint density at radius 2 is 2.29 bits per heavy atom. The number of hydrogen-bond acceptors (Lipinski definition) is 3. The predicted molar refractivity (Wildman–Crippen MR) is 68.4 cm³/mol. The van der Waals surface area contributed by atoms with E-state index >= 15 is 0 Å². The molecule has 0 radical (unpaired) electrons. The van der Waals surface area contributed by atoms with Crippen molar-refractivity contribution in [2.75, 3.05) is 18.1 Å². The zero-order valence-corrected chi connectivity index (χ0v) is 10.4. The maximum absolute atomic E-state index is 11.5. The molecule has 0 amide bonds. The second-order valence-electron chi connectivity index (χ2n) is 4.74. The quantitative estimate of drug-likeness (QED) is 0.863. The van der Waals surface area contributed by atoms with Gasteiger partial charge in [0.05, 0.1) is 6.61 Å². The summed E-state index contributed by atoms with van der Waals surface area (Å²) >= 11 is 0. The van der Waals surface area contributed by atoms with Crippen molar-refractivity contribution in [2.24, 2.45) is 0 Å². The summed E-state index contributed by atoms with van der Waals surface area (Å²) in [4.78, 5) is 13.6. The van der Waals surface area contributed by atoms with E-state index in [0.717, 1.165) is 25.1 Å². The summed E-state index contributed by atoms with van der Waals surface area (Å²) in [5.41, 5.74) is 3.64. The van der Waals surface area contributed by atoms with E-state index in [2.05, 4.69) is 25.1 Å². The lowest BCUT2D eigenvalue weighted by molar-refractivity contribution is -0.119. The Balaban J connectivity index is 2.37. The molecule has 17 heavy (non-hydrogen) atoms. The van der Waals surface area contributed by atoms with E-state index in [4.69, 9.17) is 0 Å². The van der Waals surface area contributed by atoms with Crippen LogP contribution in [0.4, 0.5) is 5.69 Å². The van der Waals surface area contributed by atoms with Gasteiger partial charge in [-0.3, -0.25) is 4.79 Å². The number of carbonyl (C=O) groups is 1. The highest BCUT2D eigenvalue weighted by molar-refractivity contribution is 5.85. The fraction of sp³-hybridized carbons (Fsp3) is 0.500. The highest BCUT2D eigenvalue weighted by atomic mass is 16.3. The molecule has 1 N–H and O–H groups in total. The molecule has 1 aromatic carbocycles. The van der Waals surface area contributed by atoms with Gasteiger partial charge in [-0.15, -0.1) is 0 Å². The Labute approximate surface area is 102 Å². The first kappa shape index (κ1) is 12.1. The Hall–Kier alpha value is -1.35. The zero-order valence-electron chi connectivity index (χ0n) is 10.4. The molecule has 92 valence electrons. The van der Waals surface area contributed by atoms with Crippen LogP contribution in [0.1, 0.15) is 24.5 Å². The van der Waals surface area contributed by atoms with Crippen LogP contribution in [0, 0.1) is 6.92 Å². The van der Waals surface area contributed by atoms with Gasteiger partial charge in [-0.2, -0.15) is 0 Å². The molecule has 1 aromatic rings. The first-order valence-electron chi connectivity index (χ1n) is 6.11. The van der Waals surface area contributed by atoms with E-state index in [1.165, 1.54) is 11.1 Å². The molecule has 3 nitrogen and oxygen atoms in total. The van der Waals surface area contributed by atoms with Crippen LogP contribution in [0.3, 0.4) is 0 Å². The number of aliphatic hydroxyl groups is 1. The topological polar surface area (TPSA) is 40.5 Å². The van der Waals surface area contributed by atoms with Crippen molar-refractivity contribution in [3.8, 4) is 0 Å². The summed E-state index contributed by atoms with van der Waals surface area (Å²) in [5.74, 6) is 0.0286. The molecule has 0 aliphatic carbocycles. The third-order valence-electron chi connectivity index (χ3n) is 3.41. The predicted octanol–water partition coefficient (Wildman–Crippen LogP) is 1.70. The minimum Gasteiger partial charge on any atom is -0.394 e. The first-order chi connectivity index (χ1) is 8.13. The average molecular weight is 233 g/mol. The number of Topliss-reactive ketones (excluding diaryl/α,β-unsaturated/α-hetero) is 1. The Bertz CT molecular complexity index is 428. The normalized spacial score (nSPS) is 16.5. The lowest BCUT2D eigenvalue weighted by atomic mass is 9.97. The van der Waals surface area contributed by atoms with Crippen LogP contribution in [0.15, 0.2) is 18.2 Å². The van der Waals surface area contributed by atoms with Crippen molar-refractivity contribution in [3.63, 3.8) is 0 Å². The van der Waals surface area contributed by atoms with E-state index in [-0.39, 0.29) is 12.4 Å². The molecule has 2 rings (SSSR count). The van der Waals surface area contributed by atoms with Gasteiger partial charge in [-0.1, -0.05) is 17.7 Å². The summed E-state index contributed by atoms with van der Waals surface area (Å²) in [6.45, 7) is 4.36. The molecule has 1 aliphatic heterocycles. The van der Waals surface area contributed by atoms with Crippen molar-refractivity contribution in [1.82, 2.24) is 0 Å². The maximum Gasteiger partial charge on any atom is 0.154 e. The molecule has 0 spiro atoms. The Morgan fingerprint density at radius 1 is 1.53 bits per heavy atom. The average Bonchev–Trinajstić information content (AvgIpc) is 2.29. The Kier molecular flexibility index (Phi) is 3.48. The van der Waals surface area contributed by atoms with Gasteiger partial charge in [0.15, 0.2) is 5.78 Å². The van der Waals surface area contributed by atoms with Gasteiger partial charge in [0, 0.05) is 12.2 Å². The fourth-order valence-electron chi connectivity index (χ4n) is 2.53. The summed E-state index contributed by atoms with van der Waals surface area (Å²) in [6.07, 6.45) is 2.10. The molecular weight excluding hydrogens is 214 g/mol. The number of fused-ring (bicyclic) bond motifs is 1. The van der Waals surface area contributed by atoms with Crippen molar-refractivity contribution in [3.05, 3.63) is 29.3 Å². The van der Waals surface area contributed by atoms with Crippen molar-refractivity contribution in [1.29, 1.82) is 0 Å². The van der Waals surface area contributed by atoms with Gasteiger partial charge in [0.1, 0.15) is 6.04 Å². The minimum atomic E-state index is -0.392. The van der Waals surface area contributed by atoms with Crippen LogP contribution in [-0.4, -0.2) is 30.1 Å². The molecule has 0 fully saturated rings. The summed E-state index contributed by atoms with van der Waals surface area (Å²) in [5, 5.41) is 9.37. The van der Waals surface area contributed by atoms with Gasteiger partial charge in [-0.25, -0.2) is 0 Å². The third-order valence-corrected chi connectivity index (χ3v) is 3.41. The molecule has 1 atom stereocenters. The summed E-state index contributed by atoms with van der Waals surface area (Å²) in [7, 11) is 0. The molecule has 3 heteroatoms. The standard InChI is InChI=1S/C14H19NO2/c1-10-5-6-13-12(8-10)4-3-7-15(13)14(9-16)11(2)17/h5-6,8,14,16H,3-4,7,9H2,1-2H3. The van der Waals surface area contributed by atoms with E-state index in [9.17, 15) is 9.90 Å². The molecule has 1 unspecified atom stereocenters. The van der Waals surface area contributed by atoms with E-state index < -0.39 is 6.04 Å². The SMILES string of the molecule is CC(=O)C(CO)N1CCCc2cc(C)ccc21. The molecule has 0 aromatic heterocycles. The van der Waals surface area contributed by atoms with Gasteiger partial charge in [-0.05, 0) is 38.3 Å². The monoisotopic (exact) mass is 233 g/mol. The number of hydrogen-bond donors (Lipinski definition) is 1. The lowest BCUT2D eigenvalue weighted by Crippen LogP contribution is -2.45. The summed E-state index contributed by atoms with van der Waals surface area (Å²) < 4.78 is 0. The van der Waals surface area contributed by atoms with E-state index in [0.29, 0.717) is 0 Å². The fourth-order valence-corrected chi connectivity index (χ4v) is 2.53. The highest BCUT2D eigenvalue weighted by Gasteiger charge is 2.26. The highest BCUT2D eigenvalue weighted by Crippen LogP contribution is 2.29. The van der Waals surface area contributed by atoms with Crippen LogP contribution in [0.2, 0.25) is 0 Å². The third kappa shape index (κ3) is 2.34. The molecule has 0 saturated carbocycles. The molecule has 0 bridgehead atoms. The van der Waals surface area contributed by atoms with Crippen LogP contribution in [0.5, 0.6) is 0 Å². The van der Waals surface area contributed by atoms with Gasteiger partial charge in [0.25, 0.3) is 0 Å². The van der Waals surface area contributed by atoms with Crippen molar-refractivity contribution >= 4 is 11.5 Å². The zero-order chi connectivity index (χ0) is 12.4. The maximum atomic E-state index is 11.5. The van der Waals surface area contributed by atoms with Crippen LogP contribution >= 0.6 is 0 Å². The van der Waals surface area contributed by atoms with Crippen LogP contribution < -0.4 is 4.90 Å². The molecule has 1 heterocycles. The van der Waals surface area contributed by atoms with Crippen LogP contribution in [0.25, 0.3) is 0 Å². The number of benzene rings is 1. The smallest absolute Gasteiger partial charge is 0.154 e. The van der Waals surface area contributed by atoms with Gasteiger partial charge >= 0.3 is 0 Å². The van der Waals surface area contributed by atoms with E-state index in [1.54, 1.807) is 6.92 Å². The number of aliphatic hydroxyl groups excluding tert-OH is 1. The number of anilines is 1. The number of aryl methyl sites for hydroxylation is 2. The lowest BCUT2D eigenvalue weighted by Gasteiger charge is -2.36. The molecule has 0 saturated heterocycles. The first-order valence-corrected chi connectivity index (χ1v) is 6.11. The second-order valence-corrected chi connectivity index (χ2v) is 4.74. The van der Waals surface area contributed by atoms with E-state index in [1.807, 2.05) is 4.90 Å².